The Morgan fingerprint density at radius 2 is 1.76 bits per heavy atom. The molecule has 0 fully saturated rings. The summed E-state index contributed by atoms with van der Waals surface area (Å²) in [5.74, 6) is 0.974. The third-order valence-electron chi connectivity index (χ3n) is 6.27. The molecule has 2 aromatic rings. The molecular weight excluding hydrogens is 470 g/mol. The normalized spacial score (nSPS) is 15.4. The number of carbonyl (C=O) groups excluding carboxylic acids is 2. The minimum absolute atomic E-state index is 0.0723. The maximum Gasteiger partial charge on any atom is 0.262 e. The highest BCUT2D eigenvalue weighted by Gasteiger charge is 2.35. The second-order valence-electron chi connectivity index (χ2n) is 10.5. The van der Waals surface area contributed by atoms with Crippen LogP contribution in [0.25, 0.3) is 0 Å². The molecule has 0 radical (unpaired) electrons. The van der Waals surface area contributed by atoms with Crippen molar-refractivity contribution in [2.75, 3.05) is 41.0 Å². The van der Waals surface area contributed by atoms with Crippen LogP contribution in [0.4, 0.5) is 0 Å². The second kappa shape index (κ2) is 12.2. The Bertz CT molecular complexity index is 1120. The van der Waals surface area contributed by atoms with Crippen molar-refractivity contribution >= 4 is 17.5 Å². The van der Waals surface area contributed by atoms with E-state index in [1.54, 1.807) is 32.3 Å². The van der Waals surface area contributed by atoms with Gasteiger partial charge in [0.2, 0.25) is 5.91 Å². The fourth-order valence-electron chi connectivity index (χ4n) is 4.28. The van der Waals surface area contributed by atoms with Gasteiger partial charge in [-0.2, -0.15) is 5.10 Å². The standard InChI is InChI=1S/C29H39N3O5/c1-20-8-10-21(11-9-20)25-17-24(23-13-12-22(36-6)16-26(23)37-7)30-32(25)28(34)19-31(14-15-35-5)27(33)18-29(2,3)4/h8-13,16,25H,14-15,17-19H2,1-7H3. The van der Waals surface area contributed by atoms with Crippen molar-refractivity contribution in [2.45, 2.75) is 46.6 Å². The molecule has 0 spiro atoms. The van der Waals surface area contributed by atoms with Crippen LogP contribution in [0.1, 0.15) is 56.3 Å². The summed E-state index contributed by atoms with van der Waals surface area (Å²) in [4.78, 5) is 28.3. The van der Waals surface area contributed by atoms with Crippen molar-refractivity contribution in [3.8, 4) is 11.5 Å². The Labute approximate surface area is 220 Å². The zero-order valence-corrected chi connectivity index (χ0v) is 23.0. The molecule has 1 unspecified atom stereocenters. The highest BCUT2D eigenvalue weighted by atomic mass is 16.5. The highest BCUT2D eigenvalue weighted by molar-refractivity contribution is 6.05. The molecule has 0 aromatic heterocycles. The lowest BCUT2D eigenvalue weighted by Gasteiger charge is -2.29. The first-order chi connectivity index (χ1) is 17.6. The SMILES string of the molecule is COCCN(CC(=O)N1N=C(c2ccc(OC)cc2OC)CC1c1ccc(C)cc1)C(=O)CC(C)(C)C. The van der Waals surface area contributed by atoms with Gasteiger partial charge < -0.3 is 19.1 Å². The van der Waals surface area contributed by atoms with E-state index in [0.29, 0.717) is 37.5 Å². The van der Waals surface area contributed by atoms with Crippen molar-refractivity contribution in [1.29, 1.82) is 0 Å². The quantitative estimate of drug-likeness (QED) is 0.468. The fraction of sp³-hybridized carbons (Fsp3) is 0.483. The van der Waals surface area contributed by atoms with E-state index < -0.39 is 0 Å². The summed E-state index contributed by atoms with van der Waals surface area (Å²) in [6.45, 7) is 8.66. The lowest BCUT2D eigenvalue weighted by atomic mass is 9.91. The van der Waals surface area contributed by atoms with Gasteiger partial charge in [-0.05, 0) is 30.0 Å². The van der Waals surface area contributed by atoms with E-state index in [1.165, 1.54) is 5.01 Å². The minimum Gasteiger partial charge on any atom is -0.497 e. The fourth-order valence-corrected chi connectivity index (χ4v) is 4.28. The smallest absolute Gasteiger partial charge is 0.262 e. The Kier molecular flexibility index (Phi) is 9.32. The second-order valence-corrected chi connectivity index (χ2v) is 10.5. The Hall–Kier alpha value is -3.39. The third kappa shape index (κ3) is 7.32. The average molecular weight is 510 g/mol. The van der Waals surface area contributed by atoms with Crippen molar-refractivity contribution in [3.05, 3.63) is 59.2 Å². The van der Waals surface area contributed by atoms with Gasteiger partial charge in [-0.15, -0.1) is 0 Å². The molecule has 1 heterocycles. The largest absolute Gasteiger partial charge is 0.497 e. The monoisotopic (exact) mass is 509 g/mol. The maximum atomic E-state index is 13.7. The average Bonchev–Trinajstić information content (AvgIpc) is 3.30. The maximum absolute atomic E-state index is 13.7. The number of carbonyl (C=O) groups is 2. The molecule has 2 aromatic carbocycles. The van der Waals surface area contributed by atoms with Gasteiger partial charge in [0.15, 0.2) is 0 Å². The first kappa shape index (κ1) is 28.2. The molecule has 1 atom stereocenters. The molecule has 8 nitrogen and oxygen atoms in total. The van der Waals surface area contributed by atoms with Gasteiger partial charge in [0.05, 0.1) is 32.6 Å². The zero-order valence-electron chi connectivity index (χ0n) is 23.0. The van der Waals surface area contributed by atoms with E-state index in [9.17, 15) is 9.59 Å². The topological polar surface area (TPSA) is 80.7 Å². The van der Waals surface area contributed by atoms with Crippen LogP contribution in [0.5, 0.6) is 11.5 Å². The minimum atomic E-state index is -0.295. The predicted molar refractivity (Wildman–Crippen MR) is 144 cm³/mol. The molecule has 8 heteroatoms. The van der Waals surface area contributed by atoms with Crippen LogP contribution in [-0.2, 0) is 14.3 Å². The lowest BCUT2D eigenvalue weighted by molar-refractivity contribution is -0.143. The summed E-state index contributed by atoms with van der Waals surface area (Å²) in [7, 11) is 4.79. The van der Waals surface area contributed by atoms with Crippen molar-refractivity contribution < 1.29 is 23.8 Å². The third-order valence-corrected chi connectivity index (χ3v) is 6.27. The molecule has 37 heavy (non-hydrogen) atoms. The van der Waals surface area contributed by atoms with E-state index in [4.69, 9.17) is 19.3 Å². The van der Waals surface area contributed by atoms with E-state index in [2.05, 4.69) is 0 Å². The molecule has 2 amide bonds. The number of rotatable bonds is 10. The molecule has 0 saturated heterocycles. The van der Waals surface area contributed by atoms with Gasteiger partial charge in [-0.25, -0.2) is 5.01 Å². The van der Waals surface area contributed by atoms with E-state index in [1.807, 2.05) is 64.1 Å². The van der Waals surface area contributed by atoms with E-state index >= 15 is 0 Å². The Morgan fingerprint density at radius 1 is 1.05 bits per heavy atom. The van der Waals surface area contributed by atoms with E-state index in [0.717, 1.165) is 22.4 Å². The molecule has 1 aliphatic heterocycles. The number of methoxy groups -OCH3 is 3. The number of hydrazone groups is 1. The summed E-state index contributed by atoms with van der Waals surface area (Å²) in [6.07, 6.45) is 0.856. The van der Waals surface area contributed by atoms with Crippen LogP contribution in [0.2, 0.25) is 0 Å². The zero-order chi connectivity index (χ0) is 27.2. The van der Waals surface area contributed by atoms with Gasteiger partial charge in [0.1, 0.15) is 18.0 Å². The lowest BCUT2D eigenvalue weighted by Crippen LogP contribution is -2.43. The van der Waals surface area contributed by atoms with Gasteiger partial charge in [-0.3, -0.25) is 9.59 Å². The number of hydrogen-bond acceptors (Lipinski definition) is 6. The molecular formula is C29H39N3O5. The summed E-state index contributed by atoms with van der Waals surface area (Å²) in [6, 6.07) is 13.4. The molecule has 0 N–H and O–H groups in total. The molecule has 0 bridgehead atoms. The first-order valence-corrected chi connectivity index (χ1v) is 12.5. The summed E-state index contributed by atoms with van der Waals surface area (Å²) in [5.41, 5.74) is 3.46. The number of ether oxygens (including phenoxy) is 3. The van der Waals surface area contributed by atoms with Gasteiger partial charge in [-0.1, -0.05) is 50.6 Å². The van der Waals surface area contributed by atoms with Gasteiger partial charge in [0, 0.05) is 38.1 Å². The summed E-state index contributed by atoms with van der Waals surface area (Å²) >= 11 is 0. The van der Waals surface area contributed by atoms with Gasteiger partial charge >= 0.3 is 0 Å². The summed E-state index contributed by atoms with van der Waals surface area (Å²) < 4.78 is 16.2. The Morgan fingerprint density at radius 3 is 2.35 bits per heavy atom. The van der Waals surface area contributed by atoms with Crippen molar-refractivity contribution in [2.24, 2.45) is 10.5 Å². The first-order valence-electron chi connectivity index (χ1n) is 12.5. The predicted octanol–water partition coefficient (Wildman–Crippen LogP) is 4.60. The van der Waals surface area contributed by atoms with Gasteiger partial charge in [0.25, 0.3) is 5.91 Å². The Balaban J connectivity index is 1.95. The summed E-state index contributed by atoms with van der Waals surface area (Å²) in [5, 5.41) is 6.30. The number of hydrogen-bond donors (Lipinski definition) is 0. The number of amides is 2. The molecule has 3 rings (SSSR count). The van der Waals surface area contributed by atoms with Crippen LogP contribution in [0.15, 0.2) is 47.6 Å². The molecule has 1 aliphatic rings. The van der Waals surface area contributed by atoms with Crippen molar-refractivity contribution in [3.63, 3.8) is 0 Å². The van der Waals surface area contributed by atoms with E-state index in [-0.39, 0.29) is 29.8 Å². The van der Waals surface area contributed by atoms with Crippen LogP contribution in [-0.4, -0.2) is 68.5 Å². The van der Waals surface area contributed by atoms with Crippen LogP contribution >= 0.6 is 0 Å². The number of aryl methyl sites for hydroxylation is 1. The molecule has 200 valence electrons. The molecule has 0 saturated carbocycles. The number of nitrogens with zero attached hydrogens (tertiary/aromatic N) is 3. The highest BCUT2D eigenvalue weighted by Crippen LogP contribution is 2.36. The van der Waals surface area contributed by atoms with Crippen LogP contribution < -0.4 is 9.47 Å². The van der Waals surface area contributed by atoms with Crippen LogP contribution in [0, 0.1) is 12.3 Å². The van der Waals surface area contributed by atoms with Crippen molar-refractivity contribution in [1.82, 2.24) is 9.91 Å². The van der Waals surface area contributed by atoms with Crippen LogP contribution in [0.3, 0.4) is 0 Å². The molecule has 0 aliphatic carbocycles. The number of benzene rings is 2.